The van der Waals surface area contributed by atoms with Crippen molar-refractivity contribution in [3.63, 3.8) is 0 Å². The largest absolute Gasteiger partial charge is 0.405 e. The van der Waals surface area contributed by atoms with Crippen LogP contribution in [0, 0.1) is 0 Å². The topological polar surface area (TPSA) is 90.1 Å². The maximum Gasteiger partial charge on any atom is 0.322 e. The van der Waals surface area contributed by atoms with Gasteiger partial charge in [0.15, 0.2) is 0 Å². The van der Waals surface area contributed by atoms with Crippen LogP contribution >= 0.6 is 11.8 Å². The fraction of sp³-hybridized carbons (Fsp3) is 0.200. The number of anilines is 1. The second-order valence-electron chi connectivity index (χ2n) is 4.60. The van der Waals surface area contributed by atoms with Crippen LogP contribution in [-0.4, -0.2) is 34.0 Å². The number of aromatic nitrogens is 3. The summed E-state index contributed by atoms with van der Waals surface area (Å²) in [6.07, 6.45) is 1.74. The highest BCUT2D eigenvalue weighted by Crippen LogP contribution is 2.26. The molecule has 0 aliphatic rings. The number of benzene rings is 1. The van der Waals surface area contributed by atoms with Crippen LogP contribution < -0.4 is 5.32 Å². The van der Waals surface area contributed by atoms with E-state index in [1.54, 1.807) is 6.20 Å². The van der Waals surface area contributed by atoms with Gasteiger partial charge in [0.25, 0.3) is 0 Å². The quantitative estimate of drug-likeness (QED) is 0.694. The summed E-state index contributed by atoms with van der Waals surface area (Å²) in [5.41, 5.74) is 0.882. The van der Waals surface area contributed by atoms with Gasteiger partial charge in [-0.15, -0.1) is 16.9 Å². The van der Waals surface area contributed by atoms with Crippen LogP contribution in [0.5, 0.6) is 0 Å². The van der Waals surface area contributed by atoms with Crippen molar-refractivity contribution in [3.8, 4) is 0 Å². The molecular formula is C15H14N4O3S. The van der Waals surface area contributed by atoms with Gasteiger partial charge in [-0.1, -0.05) is 23.3 Å². The van der Waals surface area contributed by atoms with E-state index in [-0.39, 0.29) is 24.3 Å². The minimum absolute atomic E-state index is 0.0682. The number of pyridine rings is 1. The molecule has 1 aromatic carbocycles. The van der Waals surface area contributed by atoms with Crippen LogP contribution in [0.15, 0.2) is 45.8 Å². The molecule has 1 amide bonds. The molecular weight excluding hydrogens is 316 g/mol. The van der Waals surface area contributed by atoms with Crippen LogP contribution in [0.25, 0.3) is 10.9 Å². The Balaban J connectivity index is 1.61. The number of nitrogens with one attached hydrogen (secondary N) is 1. The maximum atomic E-state index is 12.0. The lowest BCUT2D eigenvalue weighted by atomic mass is 10.2. The Kier molecular flexibility index (Phi) is 4.84. The average Bonchev–Trinajstić information content (AvgIpc) is 3.00. The lowest BCUT2D eigenvalue weighted by Crippen LogP contribution is -2.14. The predicted molar refractivity (Wildman–Crippen MR) is 86.1 cm³/mol. The summed E-state index contributed by atoms with van der Waals surface area (Å²) in [5, 5.41) is 11.1. The average molecular weight is 330 g/mol. The van der Waals surface area contributed by atoms with Crippen molar-refractivity contribution in [2.75, 3.05) is 18.2 Å². The molecule has 3 rings (SSSR count). The second kappa shape index (κ2) is 7.21. The van der Waals surface area contributed by atoms with Gasteiger partial charge < -0.3 is 9.15 Å². The molecule has 0 spiro atoms. The standard InChI is InChI=1S/C15H14N4O3S/c1-21-8-13-18-19-15(22-13)17-12(20)9-23-11-6-2-4-10-5-3-7-16-14(10)11/h2-7H,8-9H2,1H3,(H,17,19,20). The normalized spacial score (nSPS) is 10.8. The highest BCUT2D eigenvalue weighted by Gasteiger charge is 2.11. The summed E-state index contributed by atoms with van der Waals surface area (Å²) in [6.45, 7) is 0.208. The van der Waals surface area contributed by atoms with Crippen molar-refractivity contribution in [2.24, 2.45) is 0 Å². The first-order valence-corrected chi connectivity index (χ1v) is 7.82. The van der Waals surface area contributed by atoms with E-state index in [0.717, 1.165) is 15.8 Å². The van der Waals surface area contributed by atoms with E-state index in [1.807, 2.05) is 30.3 Å². The molecule has 2 aromatic heterocycles. The molecule has 3 aromatic rings. The lowest BCUT2D eigenvalue weighted by molar-refractivity contribution is -0.113. The summed E-state index contributed by atoms with van der Waals surface area (Å²) in [5.74, 6) is 0.307. The fourth-order valence-electron chi connectivity index (χ4n) is 1.98. The summed E-state index contributed by atoms with van der Waals surface area (Å²) < 4.78 is 10.1. The Bertz CT molecular complexity index is 816. The third-order valence-corrected chi connectivity index (χ3v) is 3.98. The van der Waals surface area contributed by atoms with Gasteiger partial charge in [-0.05, 0) is 12.1 Å². The molecule has 0 saturated carbocycles. The predicted octanol–water partition coefficient (Wildman–Crippen LogP) is 2.50. The van der Waals surface area contributed by atoms with E-state index in [9.17, 15) is 4.79 Å². The lowest BCUT2D eigenvalue weighted by Gasteiger charge is -2.04. The summed E-state index contributed by atoms with van der Waals surface area (Å²) in [4.78, 5) is 17.3. The molecule has 0 saturated heterocycles. The Morgan fingerprint density at radius 1 is 1.30 bits per heavy atom. The number of carbonyl (C=O) groups excluding carboxylic acids is 1. The van der Waals surface area contributed by atoms with Crippen molar-refractivity contribution < 1.29 is 13.9 Å². The number of carbonyl (C=O) groups is 1. The van der Waals surface area contributed by atoms with Crippen molar-refractivity contribution in [3.05, 3.63) is 42.4 Å². The van der Waals surface area contributed by atoms with Gasteiger partial charge in [0.1, 0.15) is 6.61 Å². The number of para-hydroxylation sites is 1. The zero-order chi connectivity index (χ0) is 16.1. The highest BCUT2D eigenvalue weighted by atomic mass is 32.2. The van der Waals surface area contributed by atoms with E-state index in [2.05, 4.69) is 20.5 Å². The van der Waals surface area contributed by atoms with Crippen molar-refractivity contribution in [1.29, 1.82) is 0 Å². The number of thioether (sulfide) groups is 1. The molecule has 0 fully saturated rings. The summed E-state index contributed by atoms with van der Waals surface area (Å²) in [7, 11) is 1.53. The van der Waals surface area contributed by atoms with Gasteiger partial charge in [-0.2, -0.15) is 0 Å². The zero-order valence-electron chi connectivity index (χ0n) is 12.4. The van der Waals surface area contributed by atoms with Crippen LogP contribution in [0.3, 0.4) is 0 Å². The zero-order valence-corrected chi connectivity index (χ0v) is 13.2. The molecule has 0 bridgehead atoms. The first-order valence-electron chi connectivity index (χ1n) is 6.84. The summed E-state index contributed by atoms with van der Waals surface area (Å²) in [6, 6.07) is 9.82. The SMILES string of the molecule is COCc1nnc(NC(=O)CSc2cccc3cccnc23)o1. The fourth-order valence-corrected chi connectivity index (χ4v) is 2.82. The molecule has 0 radical (unpaired) electrons. The first kappa shape index (κ1) is 15.4. The molecule has 118 valence electrons. The smallest absolute Gasteiger partial charge is 0.322 e. The Labute approximate surface area is 136 Å². The molecule has 7 nitrogen and oxygen atoms in total. The van der Waals surface area contributed by atoms with Crippen LogP contribution in [0.1, 0.15) is 5.89 Å². The van der Waals surface area contributed by atoms with Crippen molar-refractivity contribution >= 4 is 34.6 Å². The second-order valence-corrected chi connectivity index (χ2v) is 5.62. The Morgan fingerprint density at radius 2 is 2.17 bits per heavy atom. The highest BCUT2D eigenvalue weighted by molar-refractivity contribution is 8.00. The molecule has 0 aliphatic carbocycles. The van der Waals surface area contributed by atoms with Gasteiger partial charge in [-0.25, -0.2) is 0 Å². The van der Waals surface area contributed by atoms with E-state index >= 15 is 0 Å². The number of nitrogens with zero attached hydrogens (tertiary/aromatic N) is 3. The monoisotopic (exact) mass is 330 g/mol. The molecule has 0 unspecified atom stereocenters. The minimum atomic E-state index is -0.226. The molecule has 23 heavy (non-hydrogen) atoms. The van der Waals surface area contributed by atoms with Crippen LogP contribution in [-0.2, 0) is 16.1 Å². The molecule has 2 heterocycles. The number of hydrogen-bond donors (Lipinski definition) is 1. The Morgan fingerprint density at radius 3 is 3.04 bits per heavy atom. The van der Waals surface area contributed by atoms with E-state index in [1.165, 1.54) is 18.9 Å². The minimum Gasteiger partial charge on any atom is -0.405 e. The van der Waals surface area contributed by atoms with E-state index in [4.69, 9.17) is 9.15 Å². The molecule has 0 aliphatic heterocycles. The Hall–Kier alpha value is -2.45. The summed E-state index contributed by atoms with van der Waals surface area (Å²) >= 11 is 1.41. The molecule has 8 heteroatoms. The number of rotatable bonds is 6. The number of ether oxygens (including phenoxy) is 1. The van der Waals surface area contributed by atoms with E-state index in [0.29, 0.717) is 5.89 Å². The third-order valence-electron chi connectivity index (χ3n) is 2.94. The maximum absolute atomic E-state index is 12.0. The van der Waals surface area contributed by atoms with Crippen molar-refractivity contribution in [1.82, 2.24) is 15.2 Å². The van der Waals surface area contributed by atoms with Gasteiger partial charge >= 0.3 is 6.01 Å². The van der Waals surface area contributed by atoms with Crippen molar-refractivity contribution in [2.45, 2.75) is 11.5 Å². The van der Waals surface area contributed by atoms with Crippen LogP contribution in [0.2, 0.25) is 0 Å². The van der Waals surface area contributed by atoms with Gasteiger partial charge in [0, 0.05) is 23.6 Å². The van der Waals surface area contributed by atoms with Gasteiger partial charge in [0.2, 0.25) is 11.8 Å². The van der Waals surface area contributed by atoms with Gasteiger partial charge in [-0.3, -0.25) is 15.1 Å². The molecule has 0 atom stereocenters. The number of amides is 1. The van der Waals surface area contributed by atoms with E-state index < -0.39 is 0 Å². The van der Waals surface area contributed by atoms with Gasteiger partial charge in [0.05, 0.1) is 11.3 Å². The number of methoxy groups -OCH3 is 1. The molecule has 1 N–H and O–H groups in total. The third kappa shape index (κ3) is 3.85. The van der Waals surface area contributed by atoms with Crippen LogP contribution in [0.4, 0.5) is 6.01 Å². The first-order chi connectivity index (χ1) is 11.3. The number of hydrogen-bond acceptors (Lipinski definition) is 7. The number of fused-ring (bicyclic) bond motifs is 1.